The molecule has 2 rings (SSSR count). The quantitative estimate of drug-likeness (QED) is 0.600. The molecule has 0 radical (unpaired) electrons. The molecule has 0 heterocycles. The standard InChI is InChI=1S/C22H25F2NO5/c1-5-28-20-10-15(6-9-19(20)29-12-13(2)3)22(27)30-14(4)21(26)25-18-8-7-16(23)11-17(18)24/h6-11,13-14H,5,12H2,1-4H3,(H,25,26)/t14-/m0/s1. The molecule has 2 aromatic carbocycles. The molecule has 2 aromatic rings. The molecule has 0 aliphatic rings. The van der Waals surface area contributed by atoms with Crippen LogP contribution in [0, 0.1) is 17.6 Å². The normalized spacial score (nSPS) is 11.7. The number of ether oxygens (including phenoxy) is 3. The number of carbonyl (C=O) groups excluding carboxylic acids is 2. The zero-order chi connectivity index (χ0) is 22.3. The van der Waals surface area contributed by atoms with Gasteiger partial charge in [-0.15, -0.1) is 0 Å². The van der Waals surface area contributed by atoms with Gasteiger partial charge in [0.25, 0.3) is 5.91 Å². The molecule has 8 heteroatoms. The number of rotatable bonds is 9. The van der Waals surface area contributed by atoms with Crippen LogP contribution in [0.3, 0.4) is 0 Å². The van der Waals surface area contributed by atoms with Crippen LogP contribution < -0.4 is 14.8 Å². The van der Waals surface area contributed by atoms with Crippen LogP contribution in [0.1, 0.15) is 38.1 Å². The van der Waals surface area contributed by atoms with Crippen LogP contribution in [0.4, 0.5) is 14.5 Å². The van der Waals surface area contributed by atoms with Crippen LogP contribution >= 0.6 is 0 Å². The molecule has 0 bridgehead atoms. The van der Waals surface area contributed by atoms with Gasteiger partial charge in [-0.05, 0) is 50.1 Å². The highest BCUT2D eigenvalue weighted by atomic mass is 19.1. The zero-order valence-electron chi connectivity index (χ0n) is 17.3. The van der Waals surface area contributed by atoms with E-state index in [0.29, 0.717) is 36.7 Å². The summed E-state index contributed by atoms with van der Waals surface area (Å²) in [5.74, 6) is -2.01. The fourth-order valence-corrected chi connectivity index (χ4v) is 2.39. The van der Waals surface area contributed by atoms with Crippen LogP contribution in [0.15, 0.2) is 36.4 Å². The third kappa shape index (κ3) is 6.43. The maximum Gasteiger partial charge on any atom is 0.339 e. The Morgan fingerprint density at radius 2 is 1.73 bits per heavy atom. The molecule has 162 valence electrons. The molecule has 1 atom stereocenters. The number of hydrogen-bond acceptors (Lipinski definition) is 5. The van der Waals surface area contributed by atoms with Crippen molar-refractivity contribution in [1.29, 1.82) is 0 Å². The number of halogens is 2. The summed E-state index contributed by atoms with van der Waals surface area (Å²) in [4.78, 5) is 24.6. The van der Waals surface area contributed by atoms with E-state index in [9.17, 15) is 18.4 Å². The predicted octanol–water partition coefficient (Wildman–Crippen LogP) is 4.58. The Balaban J connectivity index is 2.06. The number of hydrogen-bond donors (Lipinski definition) is 1. The van der Waals surface area contributed by atoms with Gasteiger partial charge in [-0.25, -0.2) is 13.6 Å². The Morgan fingerprint density at radius 1 is 1.00 bits per heavy atom. The van der Waals surface area contributed by atoms with Gasteiger partial charge in [-0.3, -0.25) is 4.79 Å². The molecule has 0 aliphatic heterocycles. The Kier molecular flexibility index (Phi) is 8.15. The van der Waals surface area contributed by atoms with E-state index in [1.54, 1.807) is 13.0 Å². The second-order valence-corrected chi connectivity index (χ2v) is 6.96. The first kappa shape index (κ1) is 23.1. The maximum absolute atomic E-state index is 13.7. The number of carbonyl (C=O) groups is 2. The van der Waals surface area contributed by atoms with Crippen molar-refractivity contribution in [1.82, 2.24) is 0 Å². The van der Waals surface area contributed by atoms with Crippen LogP contribution in [0.25, 0.3) is 0 Å². The number of amides is 1. The van der Waals surface area contributed by atoms with Crippen molar-refractivity contribution in [3.8, 4) is 11.5 Å². The fraction of sp³-hybridized carbons (Fsp3) is 0.364. The molecular formula is C22H25F2NO5. The minimum atomic E-state index is -1.21. The van der Waals surface area contributed by atoms with E-state index in [-0.39, 0.29) is 11.3 Å². The Hall–Kier alpha value is -3.16. The Labute approximate surface area is 174 Å². The van der Waals surface area contributed by atoms with Gasteiger partial charge >= 0.3 is 5.97 Å². The first-order valence-corrected chi connectivity index (χ1v) is 9.57. The lowest BCUT2D eigenvalue weighted by Crippen LogP contribution is -2.30. The SMILES string of the molecule is CCOc1cc(C(=O)O[C@@H](C)C(=O)Nc2ccc(F)cc2F)ccc1OCC(C)C. The second-order valence-electron chi connectivity index (χ2n) is 6.96. The molecule has 1 N–H and O–H groups in total. The zero-order valence-corrected chi connectivity index (χ0v) is 17.3. The summed E-state index contributed by atoms with van der Waals surface area (Å²) >= 11 is 0. The van der Waals surface area contributed by atoms with Crippen molar-refractivity contribution in [3.63, 3.8) is 0 Å². The summed E-state index contributed by atoms with van der Waals surface area (Å²) in [6, 6.07) is 7.32. The van der Waals surface area contributed by atoms with Crippen LogP contribution in [-0.2, 0) is 9.53 Å². The van der Waals surface area contributed by atoms with Gasteiger partial charge in [0.05, 0.1) is 24.5 Å². The molecule has 1 amide bonds. The molecule has 0 spiro atoms. The summed E-state index contributed by atoms with van der Waals surface area (Å²) in [7, 11) is 0. The number of anilines is 1. The lowest BCUT2D eigenvalue weighted by Gasteiger charge is -2.16. The Bertz CT molecular complexity index is 901. The average molecular weight is 421 g/mol. The van der Waals surface area contributed by atoms with E-state index in [1.807, 2.05) is 13.8 Å². The van der Waals surface area contributed by atoms with Gasteiger partial charge in [0.2, 0.25) is 0 Å². The van der Waals surface area contributed by atoms with E-state index in [2.05, 4.69) is 5.32 Å². The summed E-state index contributed by atoms with van der Waals surface area (Å²) in [5, 5.41) is 2.26. The highest BCUT2D eigenvalue weighted by Gasteiger charge is 2.21. The van der Waals surface area contributed by atoms with Gasteiger partial charge in [0.15, 0.2) is 17.6 Å². The van der Waals surface area contributed by atoms with E-state index in [4.69, 9.17) is 14.2 Å². The van der Waals surface area contributed by atoms with Crippen LogP contribution in [0.2, 0.25) is 0 Å². The topological polar surface area (TPSA) is 73.9 Å². The van der Waals surface area contributed by atoms with Gasteiger partial charge < -0.3 is 19.5 Å². The Morgan fingerprint density at radius 3 is 2.37 bits per heavy atom. The van der Waals surface area contributed by atoms with Gasteiger partial charge in [0, 0.05) is 6.07 Å². The molecule has 0 saturated heterocycles. The third-order valence-corrected chi connectivity index (χ3v) is 3.89. The minimum absolute atomic E-state index is 0.169. The van der Waals surface area contributed by atoms with Crippen molar-refractivity contribution < 1.29 is 32.6 Å². The fourth-order valence-electron chi connectivity index (χ4n) is 2.39. The largest absolute Gasteiger partial charge is 0.490 e. The molecule has 0 aromatic heterocycles. The molecular weight excluding hydrogens is 396 g/mol. The molecule has 0 fully saturated rings. The van der Waals surface area contributed by atoms with Crippen molar-refractivity contribution in [2.24, 2.45) is 5.92 Å². The van der Waals surface area contributed by atoms with Crippen molar-refractivity contribution in [3.05, 3.63) is 53.6 Å². The number of esters is 1. The molecule has 30 heavy (non-hydrogen) atoms. The first-order valence-electron chi connectivity index (χ1n) is 9.57. The smallest absolute Gasteiger partial charge is 0.339 e. The van der Waals surface area contributed by atoms with Gasteiger partial charge in [-0.2, -0.15) is 0 Å². The van der Waals surface area contributed by atoms with Crippen molar-refractivity contribution in [2.75, 3.05) is 18.5 Å². The van der Waals surface area contributed by atoms with Crippen LogP contribution in [0.5, 0.6) is 11.5 Å². The van der Waals surface area contributed by atoms with Crippen molar-refractivity contribution in [2.45, 2.75) is 33.8 Å². The summed E-state index contributed by atoms with van der Waals surface area (Å²) < 4.78 is 43.0. The molecule has 0 saturated carbocycles. The molecule has 0 unspecified atom stereocenters. The van der Waals surface area contributed by atoms with Crippen molar-refractivity contribution >= 4 is 17.6 Å². The lowest BCUT2D eigenvalue weighted by molar-refractivity contribution is -0.123. The monoisotopic (exact) mass is 421 g/mol. The molecule has 0 aliphatic carbocycles. The van der Waals surface area contributed by atoms with Gasteiger partial charge in [0.1, 0.15) is 11.6 Å². The van der Waals surface area contributed by atoms with Gasteiger partial charge in [-0.1, -0.05) is 13.8 Å². The first-order chi connectivity index (χ1) is 14.2. The minimum Gasteiger partial charge on any atom is -0.490 e. The third-order valence-electron chi connectivity index (χ3n) is 3.89. The average Bonchev–Trinajstić information content (AvgIpc) is 2.69. The number of nitrogens with one attached hydrogen (secondary N) is 1. The van der Waals surface area contributed by atoms with Crippen LogP contribution in [-0.4, -0.2) is 31.2 Å². The lowest BCUT2D eigenvalue weighted by atomic mass is 10.2. The summed E-state index contributed by atoms with van der Waals surface area (Å²) in [6.45, 7) is 8.03. The molecule has 6 nitrogen and oxygen atoms in total. The maximum atomic E-state index is 13.7. The van der Waals surface area contributed by atoms with E-state index < -0.39 is 29.6 Å². The van der Waals surface area contributed by atoms with E-state index in [1.165, 1.54) is 19.1 Å². The van der Waals surface area contributed by atoms with E-state index >= 15 is 0 Å². The second kappa shape index (κ2) is 10.6. The highest BCUT2D eigenvalue weighted by Crippen LogP contribution is 2.29. The summed E-state index contributed by atoms with van der Waals surface area (Å²) in [6.07, 6.45) is -1.21. The highest BCUT2D eigenvalue weighted by molar-refractivity contribution is 5.97. The number of benzene rings is 2. The predicted molar refractivity (Wildman–Crippen MR) is 108 cm³/mol. The van der Waals surface area contributed by atoms with E-state index in [0.717, 1.165) is 12.1 Å². The summed E-state index contributed by atoms with van der Waals surface area (Å²) in [5.41, 5.74) is -0.0439.